The van der Waals surface area contributed by atoms with Crippen molar-refractivity contribution in [2.75, 3.05) is 36.5 Å². The fraction of sp³-hybridized carbons (Fsp3) is 0.350. The minimum absolute atomic E-state index is 0.00617. The summed E-state index contributed by atoms with van der Waals surface area (Å²) in [6.07, 6.45) is 3.58. The first-order valence-corrected chi connectivity index (χ1v) is 13.5. The Morgan fingerprint density at radius 1 is 1.03 bits per heavy atom. The third kappa shape index (κ3) is 5.71. The van der Waals surface area contributed by atoms with Crippen molar-refractivity contribution in [1.82, 2.24) is 4.31 Å². The second-order valence-electron chi connectivity index (χ2n) is 7.35. The molecule has 9 nitrogen and oxygen atoms in total. The van der Waals surface area contributed by atoms with E-state index in [1.165, 1.54) is 47.8 Å². The largest absolute Gasteiger partial charge is 0.495 e. The van der Waals surface area contributed by atoms with Crippen molar-refractivity contribution in [1.29, 1.82) is 0 Å². The van der Waals surface area contributed by atoms with Gasteiger partial charge in [-0.1, -0.05) is 18.0 Å². The summed E-state index contributed by atoms with van der Waals surface area (Å²) in [4.78, 5) is 12.9. The van der Waals surface area contributed by atoms with Crippen molar-refractivity contribution < 1.29 is 26.4 Å². The van der Waals surface area contributed by atoms with Crippen molar-refractivity contribution in [2.24, 2.45) is 0 Å². The summed E-state index contributed by atoms with van der Waals surface area (Å²) < 4.78 is 58.0. The normalized spacial score (nSPS) is 15.2. The number of sulfonamides is 2. The van der Waals surface area contributed by atoms with Crippen LogP contribution in [-0.2, 0) is 20.0 Å². The summed E-state index contributed by atoms with van der Waals surface area (Å²) in [5, 5.41) is 2.71. The third-order valence-electron chi connectivity index (χ3n) is 4.89. The number of anilines is 2. The quantitative estimate of drug-likeness (QED) is 0.601. The molecule has 1 aliphatic heterocycles. The lowest BCUT2D eigenvalue weighted by Gasteiger charge is -2.26. The van der Waals surface area contributed by atoms with Crippen LogP contribution in [0.15, 0.2) is 41.3 Å². The van der Waals surface area contributed by atoms with Crippen LogP contribution in [0.2, 0.25) is 5.02 Å². The molecule has 1 amide bonds. The number of rotatable bonds is 7. The number of ether oxygens (including phenoxy) is 1. The molecule has 1 saturated heterocycles. The van der Waals surface area contributed by atoms with Gasteiger partial charge in [-0.05, 0) is 49.2 Å². The number of halogens is 1. The molecule has 1 aliphatic rings. The predicted octanol–water partition coefficient (Wildman–Crippen LogP) is 3.15. The molecule has 0 atom stereocenters. The van der Waals surface area contributed by atoms with Gasteiger partial charge in [0.25, 0.3) is 5.91 Å². The van der Waals surface area contributed by atoms with E-state index in [2.05, 4.69) is 10.0 Å². The van der Waals surface area contributed by atoms with Crippen LogP contribution in [0.4, 0.5) is 11.4 Å². The maximum atomic E-state index is 13.0. The molecule has 2 aromatic carbocycles. The Balaban J connectivity index is 1.92. The van der Waals surface area contributed by atoms with E-state index < -0.39 is 26.0 Å². The Kier molecular flexibility index (Phi) is 7.33. The summed E-state index contributed by atoms with van der Waals surface area (Å²) in [5.74, 6) is -0.393. The molecule has 0 spiro atoms. The highest BCUT2D eigenvalue weighted by molar-refractivity contribution is 7.92. The first-order chi connectivity index (χ1) is 15.0. The summed E-state index contributed by atoms with van der Waals surface area (Å²) in [7, 11) is -5.88. The number of piperidine rings is 1. The monoisotopic (exact) mass is 501 g/mol. The van der Waals surface area contributed by atoms with Gasteiger partial charge in [-0.3, -0.25) is 9.52 Å². The number of benzene rings is 2. The molecule has 1 heterocycles. The fourth-order valence-corrected chi connectivity index (χ4v) is 5.67. The molecule has 0 aliphatic carbocycles. The van der Waals surface area contributed by atoms with Gasteiger partial charge in [-0.15, -0.1) is 0 Å². The number of nitrogens with one attached hydrogen (secondary N) is 2. The van der Waals surface area contributed by atoms with Crippen LogP contribution >= 0.6 is 11.6 Å². The fourth-order valence-electron chi connectivity index (χ4n) is 3.37. The second-order valence-corrected chi connectivity index (χ2v) is 11.4. The van der Waals surface area contributed by atoms with Gasteiger partial charge in [0, 0.05) is 18.8 Å². The molecule has 0 aromatic heterocycles. The lowest BCUT2D eigenvalue weighted by atomic mass is 10.2. The van der Waals surface area contributed by atoms with Gasteiger partial charge in [0.05, 0.1) is 34.5 Å². The average Bonchev–Trinajstić information content (AvgIpc) is 2.74. The first-order valence-electron chi connectivity index (χ1n) is 9.78. The van der Waals surface area contributed by atoms with Gasteiger partial charge in [0.1, 0.15) is 5.75 Å². The number of hydrogen-bond donors (Lipinski definition) is 2. The Hall–Kier alpha value is -2.34. The Morgan fingerprint density at radius 2 is 1.72 bits per heavy atom. The van der Waals surface area contributed by atoms with Crippen molar-refractivity contribution in [2.45, 2.75) is 24.2 Å². The maximum absolute atomic E-state index is 13.0. The Labute approximate surface area is 192 Å². The van der Waals surface area contributed by atoms with E-state index >= 15 is 0 Å². The van der Waals surface area contributed by atoms with Crippen LogP contribution in [0.1, 0.15) is 29.6 Å². The summed E-state index contributed by atoms with van der Waals surface area (Å²) in [6, 6.07) is 8.34. The smallest absolute Gasteiger partial charge is 0.257 e. The topological polar surface area (TPSA) is 122 Å². The minimum atomic E-state index is -3.72. The molecule has 0 unspecified atom stereocenters. The van der Waals surface area contributed by atoms with Crippen LogP contribution < -0.4 is 14.8 Å². The molecule has 2 N–H and O–H groups in total. The highest BCUT2D eigenvalue weighted by Crippen LogP contribution is 2.31. The zero-order valence-electron chi connectivity index (χ0n) is 17.6. The molecule has 1 fully saturated rings. The maximum Gasteiger partial charge on any atom is 0.257 e. The van der Waals surface area contributed by atoms with Crippen molar-refractivity contribution in [3.63, 3.8) is 0 Å². The molecule has 32 heavy (non-hydrogen) atoms. The zero-order chi connectivity index (χ0) is 23.5. The number of nitrogens with zero attached hydrogens (tertiary/aromatic N) is 1. The molecule has 3 rings (SSSR count). The number of amides is 1. The lowest BCUT2D eigenvalue weighted by molar-refractivity contribution is 0.102. The Morgan fingerprint density at radius 3 is 2.34 bits per heavy atom. The van der Waals surface area contributed by atoms with E-state index in [0.29, 0.717) is 13.1 Å². The molecular formula is C20H24ClN3O6S2. The van der Waals surface area contributed by atoms with E-state index in [4.69, 9.17) is 16.3 Å². The summed E-state index contributed by atoms with van der Waals surface area (Å²) >= 11 is 6.14. The number of methoxy groups -OCH3 is 1. The second kappa shape index (κ2) is 9.65. The first kappa shape index (κ1) is 24.3. The highest BCUT2D eigenvalue weighted by atomic mass is 35.5. The van der Waals surface area contributed by atoms with Gasteiger partial charge < -0.3 is 10.1 Å². The van der Waals surface area contributed by atoms with Gasteiger partial charge >= 0.3 is 0 Å². The van der Waals surface area contributed by atoms with Crippen molar-refractivity contribution in [3.8, 4) is 5.75 Å². The molecule has 0 saturated carbocycles. The van der Waals surface area contributed by atoms with Crippen LogP contribution in [0, 0.1) is 0 Å². The number of hydrogen-bond acceptors (Lipinski definition) is 6. The lowest BCUT2D eigenvalue weighted by Crippen LogP contribution is -2.35. The standard InChI is InChI=1S/C20H24ClN3O6S2/c1-30-19-9-7-15(32(28,29)24-10-4-3-5-11-24)13-18(19)22-20(25)16-12-14(6-8-17(16)21)23-31(2,26)27/h6-9,12-13,23H,3-5,10-11H2,1-2H3,(H,22,25). The van der Waals surface area contributed by atoms with E-state index in [1.54, 1.807) is 0 Å². The number of carbonyl (C=O) groups is 1. The average molecular weight is 502 g/mol. The highest BCUT2D eigenvalue weighted by Gasteiger charge is 2.27. The molecule has 0 bridgehead atoms. The van der Waals surface area contributed by atoms with E-state index in [0.717, 1.165) is 25.5 Å². The van der Waals surface area contributed by atoms with Crippen molar-refractivity contribution in [3.05, 3.63) is 47.0 Å². The third-order valence-corrected chi connectivity index (χ3v) is 7.72. The predicted molar refractivity (Wildman–Crippen MR) is 123 cm³/mol. The molecular weight excluding hydrogens is 478 g/mol. The zero-order valence-corrected chi connectivity index (χ0v) is 20.0. The van der Waals surface area contributed by atoms with Gasteiger partial charge in [0.2, 0.25) is 20.0 Å². The Bertz CT molecular complexity index is 1230. The molecule has 174 valence electrons. The van der Waals surface area contributed by atoms with Gasteiger partial charge in [0.15, 0.2) is 0 Å². The van der Waals surface area contributed by atoms with Crippen LogP contribution in [0.3, 0.4) is 0 Å². The van der Waals surface area contributed by atoms with E-state index in [1.807, 2.05) is 0 Å². The van der Waals surface area contributed by atoms with E-state index in [-0.39, 0.29) is 32.6 Å². The van der Waals surface area contributed by atoms with Crippen LogP contribution in [0.5, 0.6) is 5.75 Å². The van der Waals surface area contributed by atoms with Gasteiger partial charge in [-0.25, -0.2) is 16.8 Å². The molecule has 0 radical (unpaired) electrons. The molecule has 12 heteroatoms. The van der Waals surface area contributed by atoms with Gasteiger partial charge in [-0.2, -0.15) is 4.31 Å². The SMILES string of the molecule is COc1ccc(S(=O)(=O)N2CCCCC2)cc1NC(=O)c1cc(NS(C)(=O)=O)ccc1Cl. The van der Waals surface area contributed by atoms with Crippen molar-refractivity contribution >= 4 is 48.9 Å². The number of carbonyl (C=O) groups excluding carboxylic acids is 1. The van der Waals surface area contributed by atoms with E-state index in [9.17, 15) is 21.6 Å². The molecule has 2 aromatic rings. The summed E-state index contributed by atoms with van der Waals surface area (Å²) in [5.41, 5.74) is 0.315. The van der Waals surface area contributed by atoms with Crippen LogP contribution in [0.25, 0.3) is 0 Å². The summed E-state index contributed by atoms with van der Waals surface area (Å²) in [6.45, 7) is 0.900. The minimum Gasteiger partial charge on any atom is -0.495 e. The van der Waals surface area contributed by atoms with Crippen LogP contribution in [-0.4, -0.2) is 53.5 Å².